The fraction of sp³-hybridized carbons (Fsp3) is 0.455. The smallest absolute Gasteiger partial charge is 0.173 e. The summed E-state index contributed by atoms with van der Waals surface area (Å²) in [6.45, 7) is 5.89. The molecule has 1 aromatic rings. The van der Waals surface area contributed by atoms with Gasteiger partial charge < -0.3 is 0 Å². The monoisotopic (exact) mass is 210 g/mol. The standard InChI is InChI=1S/C11H14O2S/c1-7(2)4-10(13)11-5-9(6-12)8(3)14-11/h5-7H,4H2,1-3H3. The summed E-state index contributed by atoms with van der Waals surface area (Å²) in [5, 5.41) is 0. The maximum absolute atomic E-state index is 11.6. The van der Waals surface area contributed by atoms with E-state index in [1.54, 1.807) is 6.07 Å². The van der Waals surface area contributed by atoms with Crippen LogP contribution in [0, 0.1) is 12.8 Å². The van der Waals surface area contributed by atoms with Crippen molar-refractivity contribution in [1.29, 1.82) is 0 Å². The average Bonchev–Trinajstić information content (AvgIpc) is 2.45. The van der Waals surface area contributed by atoms with Crippen LogP contribution in [0.3, 0.4) is 0 Å². The maximum Gasteiger partial charge on any atom is 0.173 e. The number of ketones is 1. The predicted octanol–water partition coefficient (Wildman–Crippen LogP) is 3.10. The Labute approximate surface area is 87.9 Å². The van der Waals surface area contributed by atoms with Gasteiger partial charge in [0.1, 0.15) is 0 Å². The lowest BCUT2D eigenvalue weighted by Gasteiger charge is -2.00. The molecule has 76 valence electrons. The van der Waals surface area contributed by atoms with Gasteiger partial charge in [0, 0.05) is 16.9 Å². The summed E-state index contributed by atoms with van der Waals surface area (Å²) < 4.78 is 0. The Morgan fingerprint density at radius 3 is 2.64 bits per heavy atom. The molecule has 0 amide bonds. The van der Waals surface area contributed by atoms with Gasteiger partial charge in [-0.3, -0.25) is 9.59 Å². The van der Waals surface area contributed by atoms with Crippen LogP contribution in [0.2, 0.25) is 0 Å². The summed E-state index contributed by atoms with van der Waals surface area (Å²) in [5.74, 6) is 0.505. The summed E-state index contributed by atoms with van der Waals surface area (Å²) in [6.07, 6.45) is 1.36. The van der Waals surface area contributed by atoms with Crippen LogP contribution < -0.4 is 0 Å². The van der Waals surface area contributed by atoms with E-state index in [2.05, 4.69) is 0 Å². The minimum atomic E-state index is 0.140. The summed E-state index contributed by atoms with van der Waals surface area (Å²) in [5.41, 5.74) is 0.641. The molecule has 3 heteroatoms. The Bertz CT molecular complexity index is 350. The molecule has 0 saturated carbocycles. The van der Waals surface area contributed by atoms with Gasteiger partial charge in [-0.1, -0.05) is 13.8 Å². The molecule has 14 heavy (non-hydrogen) atoms. The van der Waals surface area contributed by atoms with Crippen LogP contribution in [0.4, 0.5) is 0 Å². The number of carbonyl (C=O) groups is 2. The third-order valence-electron chi connectivity index (χ3n) is 1.95. The first kappa shape index (κ1) is 11.1. The van der Waals surface area contributed by atoms with Gasteiger partial charge in [0.05, 0.1) is 4.88 Å². The number of aldehydes is 1. The summed E-state index contributed by atoms with van der Waals surface area (Å²) in [4.78, 5) is 23.8. The minimum absolute atomic E-state index is 0.140. The van der Waals surface area contributed by atoms with Gasteiger partial charge >= 0.3 is 0 Å². The van der Waals surface area contributed by atoms with Crippen LogP contribution in [-0.2, 0) is 0 Å². The molecular weight excluding hydrogens is 196 g/mol. The summed E-state index contributed by atoms with van der Waals surface area (Å²) in [6, 6.07) is 1.69. The quantitative estimate of drug-likeness (QED) is 0.565. The Morgan fingerprint density at radius 1 is 1.57 bits per heavy atom. The zero-order chi connectivity index (χ0) is 10.7. The second kappa shape index (κ2) is 4.51. The van der Waals surface area contributed by atoms with Crippen LogP contribution in [-0.4, -0.2) is 12.1 Å². The van der Waals surface area contributed by atoms with Crippen molar-refractivity contribution in [3.63, 3.8) is 0 Å². The number of aryl methyl sites for hydroxylation is 1. The van der Waals surface area contributed by atoms with E-state index in [1.807, 2.05) is 20.8 Å². The second-order valence-electron chi connectivity index (χ2n) is 3.76. The van der Waals surface area contributed by atoms with Crippen molar-refractivity contribution in [3.8, 4) is 0 Å². The highest BCUT2D eigenvalue weighted by Crippen LogP contribution is 2.22. The maximum atomic E-state index is 11.6. The van der Waals surface area contributed by atoms with Crippen LogP contribution in [0.15, 0.2) is 6.07 Å². The molecule has 0 aromatic carbocycles. The number of hydrogen-bond donors (Lipinski definition) is 0. The number of Topliss-reactive ketones (excluding diaryl/α,β-unsaturated/α-hetero) is 1. The average molecular weight is 210 g/mol. The van der Waals surface area contributed by atoms with E-state index in [0.717, 1.165) is 11.2 Å². The fourth-order valence-electron chi connectivity index (χ4n) is 1.22. The number of rotatable bonds is 4. The Hall–Kier alpha value is -0.960. The van der Waals surface area contributed by atoms with E-state index in [-0.39, 0.29) is 5.78 Å². The van der Waals surface area contributed by atoms with E-state index < -0.39 is 0 Å². The molecule has 0 spiro atoms. The summed E-state index contributed by atoms with van der Waals surface area (Å²) >= 11 is 1.41. The Balaban J connectivity index is 2.86. The first-order valence-electron chi connectivity index (χ1n) is 4.63. The topological polar surface area (TPSA) is 34.1 Å². The molecule has 0 radical (unpaired) electrons. The van der Waals surface area contributed by atoms with E-state index in [9.17, 15) is 9.59 Å². The van der Waals surface area contributed by atoms with Crippen molar-refractivity contribution in [2.75, 3.05) is 0 Å². The molecule has 0 saturated heterocycles. The molecule has 0 N–H and O–H groups in total. The molecule has 2 nitrogen and oxygen atoms in total. The highest BCUT2D eigenvalue weighted by atomic mass is 32.1. The SMILES string of the molecule is Cc1sc(C(=O)CC(C)C)cc1C=O. The molecule has 1 heterocycles. The van der Waals surface area contributed by atoms with Crippen molar-refractivity contribution in [3.05, 3.63) is 21.4 Å². The molecular formula is C11H14O2S. The zero-order valence-corrected chi connectivity index (χ0v) is 9.48. The van der Waals surface area contributed by atoms with Crippen molar-refractivity contribution in [1.82, 2.24) is 0 Å². The van der Waals surface area contributed by atoms with Gasteiger partial charge in [0.25, 0.3) is 0 Å². The van der Waals surface area contributed by atoms with Gasteiger partial charge in [0.2, 0.25) is 0 Å². The van der Waals surface area contributed by atoms with E-state index in [4.69, 9.17) is 0 Å². The minimum Gasteiger partial charge on any atom is -0.298 e. The molecule has 1 rings (SSSR count). The molecule has 0 aliphatic rings. The first-order valence-corrected chi connectivity index (χ1v) is 5.45. The molecule has 0 atom stereocenters. The van der Waals surface area contributed by atoms with Crippen LogP contribution in [0.5, 0.6) is 0 Å². The fourth-order valence-corrected chi connectivity index (χ4v) is 2.16. The molecule has 0 aliphatic carbocycles. The van der Waals surface area contributed by atoms with Gasteiger partial charge in [-0.2, -0.15) is 0 Å². The first-order chi connectivity index (χ1) is 6.54. The van der Waals surface area contributed by atoms with Crippen molar-refractivity contribution in [2.45, 2.75) is 27.2 Å². The van der Waals surface area contributed by atoms with Crippen molar-refractivity contribution < 1.29 is 9.59 Å². The normalized spacial score (nSPS) is 10.6. The lowest BCUT2D eigenvalue weighted by molar-refractivity contribution is 0.0972. The number of carbonyl (C=O) groups excluding carboxylic acids is 2. The third-order valence-corrected chi connectivity index (χ3v) is 3.06. The van der Waals surface area contributed by atoms with Gasteiger partial charge in [-0.15, -0.1) is 11.3 Å². The lowest BCUT2D eigenvalue weighted by atomic mass is 10.1. The lowest BCUT2D eigenvalue weighted by Crippen LogP contribution is -2.00. The van der Waals surface area contributed by atoms with Crippen LogP contribution in [0.1, 0.15) is 45.2 Å². The van der Waals surface area contributed by atoms with Gasteiger partial charge in [-0.25, -0.2) is 0 Å². The van der Waals surface area contributed by atoms with E-state index in [0.29, 0.717) is 22.8 Å². The molecule has 1 aromatic heterocycles. The number of hydrogen-bond acceptors (Lipinski definition) is 3. The van der Waals surface area contributed by atoms with E-state index >= 15 is 0 Å². The second-order valence-corrected chi connectivity index (χ2v) is 5.02. The summed E-state index contributed by atoms with van der Waals surface area (Å²) in [7, 11) is 0. The largest absolute Gasteiger partial charge is 0.298 e. The van der Waals surface area contributed by atoms with Crippen molar-refractivity contribution >= 4 is 23.4 Å². The molecule has 0 unspecified atom stereocenters. The van der Waals surface area contributed by atoms with Gasteiger partial charge in [0.15, 0.2) is 12.1 Å². The molecule has 0 fully saturated rings. The molecule has 0 aliphatic heterocycles. The molecule has 0 bridgehead atoms. The zero-order valence-electron chi connectivity index (χ0n) is 8.66. The van der Waals surface area contributed by atoms with Crippen molar-refractivity contribution in [2.24, 2.45) is 5.92 Å². The Morgan fingerprint density at radius 2 is 2.21 bits per heavy atom. The third kappa shape index (κ3) is 2.51. The number of thiophene rings is 1. The van der Waals surface area contributed by atoms with Crippen LogP contribution >= 0.6 is 11.3 Å². The highest BCUT2D eigenvalue weighted by Gasteiger charge is 2.12. The van der Waals surface area contributed by atoms with E-state index in [1.165, 1.54) is 11.3 Å². The van der Waals surface area contributed by atoms with Crippen LogP contribution in [0.25, 0.3) is 0 Å². The van der Waals surface area contributed by atoms with Gasteiger partial charge in [-0.05, 0) is 18.9 Å². The predicted molar refractivity (Wildman–Crippen MR) is 58.2 cm³/mol. The highest BCUT2D eigenvalue weighted by molar-refractivity contribution is 7.14. The Kier molecular flexibility index (Phi) is 3.58.